The van der Waals surface area contributed by atoms with Gasteiger partial charge in [0.15, 0.2) is 0 Å². The Morgan fingerprint density at radius 2 is 1.80 bits per heavy atom. The predicted octanol–water partition coefficient (Wildman–Crippen LogP) is 2.30. The summed E-state index contributed by atoms with van der Waals surface area (Å²) < 4.78 is 0. The van der Waals surface area contributed by atoms with E-state index in [4.69, 9.17) is 0 Å². The predicted molar refractivity (Wildman–Crippen MR) is 67.2 cm³/mol. The van der Waals surface area contributed by atoms with Crippen molar-refractivity contribution in [3.8, 4) is 0 Å². The van der Waals surface area contributed by atoms with Gasteiger partial charge in [-0.1, -0.05) is 13.8 Å². The second-order valence-corrected chi connectivity index (χ2v) is 5.83. The van der Waals surface area contributed by atoms with E-state index in [1.54, 1.807) is 0 Å². The Kier molecular flexibility index (Phi) is 5.07. The van der Waals surface area contributed by atoms with Crippen LogP contribution in [0.15, 0.2) is 0 Å². The maximum atomic E-state index is 2.59. The van der Waals surface area contributed by atoms with Crippen LogP contribution in [0.2, 0.25) is 0 Å². The van der Waals surface area contributed by atoms with Gasteiger partial charge in [-0.05, 0) is 39.2 Å². The fourth-order valence-corrected chi connectivity index (χ4v) is 2.23. The minimum atomic E-state index is 0.678. The normalized spacial score (nSPS) is 19.2. The van der Waals surface area contributed by atoms with Crippen molar-refractivity contribution in [3.05, 3.63) is 0 Å². The van der Waals surface area contributed by atoms with E-state index in [2.05, 4.69) is 44.5 Å². The average Bonchev–Trinajstić information content (AvgIpc) is 2.07. The lowest BCUT2D eigenvalue weighted by Gasteiger charge is -2.41. The maximum Gasteiger partial charge on any atom is 0.0110 e. The fraction of sp³-hybridized carbons (Fsp3) is 1.00. The molecule has 90 valence electrons. The summed E-state index contributed by atoms with van der Waals surface area (Å²) in [5.41, 5.74) is 0. The molecule has 2 nitrogen and oxygen atoms in total. The van der Waals surface area contributed by atoms with Crippen LogP contribution in [0.3, 0.4) is 0 Å². The molecule has 0 spiro atoms. The highest BCUT2D eigenvalue weighted by Gasteiger charge is 2.26. The molecular formula is C13H28N2. The Bertz CT molecular complexity index is 171. The topological polar surface area (TPSA) is 6.48 Å². The largest absolute Gasteiger partial charge is 0.303 e. The number of nitrogens with zero attached hydrogens (tertiary/aromatic N) is 2. The molecule has 0 saturated carbocycles. The van der Waals surface area contributed by atoms with E-state index in [-0.39, 0.29) is 0 Å². The first-order valence-electron chi connectivity index (χ1n) is 6.41. The van der Waals surface area contributed by atoms with E-state index in [1.165, 1.54) is 32.6 Å². The first kappa shape index (κ1) is 13.0. The van der Waals surface area contributed by atoms with Gasteiger partial charge >= 0.3 is 0 Å². The summed E-state index contributed by atoms with van der Waals surface area (Å²) in [7, 11) is 2.22. The molecule has 0 aromatic heterocycles. The first-order valence-corrected chi connectivity index (χ1v) is 6.41. The van der Waals surface area contributed by atoms with Gasteiger partial charge in [-0.25, -0.2) is 0 Å². The molecule has 1 heterocycles. The van der Waals surface area contributed by atoms with Crippen molar-refractivity contribution in [1.29, 1.82) is 0 Å². The van der Waals surface area contributed by atoms with E-state index in [9.17, 15) is 0 Å². The molecule has 1 saturated heterocycles. The molecule has 0 aliphatic carbocycles. The number of hydrogen-bond donors (Lipinski definition) is 0. The van der Waals surface area contributed by atoms with Crippen molar-refractivity contribution < 1.29 is 0 Å². The zero-order valence-electron chi connectivity index (χ0n) is 11.2. The third kappa shape index (κ3) is 4.52. The van der Waals surface area contributed by atoms with Crippen LogP contribution in [0.4, 0.5) is 0 Å². The van der Waals surface area contributed by atoms with E-state index in [1.807, 2.05) is 0 Å². The molecule has 0 bridgehead atoms. The lowest BCUT2D eigenvalue weighted by Crippen LogP contribution is -2.50. The molecule has 1 aliphatic rings. The maximum absolute atomic E-state index is 2.59. The Balaban J connectivity index is 2.03. The zero-order valence-corrected chi connectivity index (χ0v) is 11.2. The summed E-state index contributed by atoms with van der Waals surface area (Å²) in [6.07, 6.45) is 1.41. The molecule has 0 atom stereocenters. The van der Waals surface area contributed by atoms with Gasteiger partial charge in [-0.15, -0.1) is 0 Å². The van der Waals surface area contributed by atoms with Gasteiger partial charge in [0.25, 0.3) is 0 Å². The second-order valence-electron chi connectivity index (χ2n) is 5.83. The van der Waals surface area contributed by atoms with Crippen molar-refractivity contribution in [1.82, 2.24) is 9.80 Å². The number of likely N-dealkylation sites (N-methyl/N-ethyl adjacent to an activating group) is 1. The molecule has 0 N–H and O–H groups in total. The minimum absolute atomic E-state index is 0.678. The van der Waals surface area contributed by atoms with Crippen LogP contribution >= 0.6 is 0 Å². The molecule has 2 heteroatoms. The summed E-state index contributed by atoms with van der Waals surface area (Å²) in [4.78, 5) is 5.02. The van der Waals surface area contributed by atoms with Gasteiger partial charge in [-0.3, -0.25) is 0 Å². The van der Waals surface area contributed by atoms with Gasteiger partial charge in [0.05, 0.1) is 0 Å². The summed E-state index contributed by atoms with van der Waals surface area (Å²) in [5, 5.41) is 0. The van der Waals surface area contributed by atoms with Crippen molar-refractivity contribution >= 4 is 0 Å². The van der Waals surface area contributed by atoms with Gasteiger partial charge < -0.3 is 9.80 Å². The third-order valence-corrected chi connectivity index (χ3v) is 3.49. The lowest BCUT2D eigenvalue weighted by atomic mass is 9.90. The molecule has 0 aromatic rings. The van der Waals surface area contributed by atoms with E-state index in [0.717, 1.165) is 11.8 Å². The molecule has 0 amide bonds. The van der Waals surface area contributed by atoms with Crippen LogP contribution in [0, 0.1) is 11.8 Å². The van der Waals surface area contributed by atoms with Crippen LogP contribution < -0.4 is 0 Å². The molecular weight excluding hydrogens is 184 g/mol. The Morgan fingerprint density at radius 1 is 1.20 bits per heavy atom. The quantitative estimate of drug-likeness (QED) is 0.666. The Morgan fingerprint density at radius 3 is 2.27 bits per heavy atom. The average molecular weight is 212 g/mol. The lowest BCUT2D eigenvalue weighted by molar-refractivity contribution is 0.0723. The van der Waals surface area contributed by atoms with Gasteiger partial charge in [0.2, 0.25) is 0 Å². The number of rotatable bonds is 6. The minimum Gasteiger partial charge on any atom is -0.303 e. The van der Waals surface area contributed by atoms with Gasteiger partial charge in [0, 0.05) is 32.2 Å². The smallest absolute Gasteiger partial charge is 0.0110 e. The zero-order chi connectivity index (χ0) is 11.4. The highest BCUT2D eigenvalue weighted by Crippen LogP contribution is 2.22. The Labute approximate surface area is 95.6 Å². The van der Waals surface area contributed by atoms with Gasteiger partial charge in [-0.2, -0.15) is 0 Å². The summed E-state index contributed by atoms with van der Waals surface area (Å²) >= 11 is 0. The fourth-order valence-electron chi connectivity index (χ4n) is 2.23. The monoisotopic (exact) mass is 212 g/mol. The standard InChI is InChI=1S/C13H28N2/c1-11(2)8-13-9-15(10-13)7-6-14(5)12(3)4/h11-13H,6-10H2,1-5H3. The summed E-state index contributed by atoms with van der Waals surface area (Å²) in [6, 6.07) is 0.678. The highest BCUT2D eigenvalue weighted by atomic mass is 15.2. The van der Waals surface area contributed by atoms with Crippen molar-refractivity contribution in [2.24, 2.45) is 11.8 Å². The number of hydrogen-bond acceptors (Lipinski definition) is 2. The van der Waals surface area contributed by atoms with Crippen LogP contribution in [0.25, 0.3) is 0 Å². The molecule has 0 radical (unpaired) electrons. The van der Waals surface area contributed by atoms with Crippen LogP contribution in [-0.2, 0) is 0 Å². The summed E-state index contributed by atoms with van der Waals surface area (Å²) in [5.74, 6) is 1.85. The Hall–Kier alpha value is -0.0800. The number of likely N-dealkylation sites (tertiary alicyclic amines) is 1. The van der Waals surface area contributed by atoms with E-state index < -0.39 is 0 Å². The molecule has 0 unspecified atom stereocenters. The van der Waals surface area contributed by atoms with Crippen molar-refractivity contribution in [2.45, 2.75) is 40.2 Å². The van der Waals surface area contributed by atoms with E-state index in [0.29, 0.717) is 6.04 Å². The summed E-state index contributed by atoms with van der Waals surface area (Å²) in [6.45, 7) is 14.3. The molecule has 1 aliphatic heterocycles. The highest BCUT2D eigenvalue weighted by molar-refractivity contribution is 4.81. The SMILES string of the molecule is CC(C)CC1CN(CCN(C)C(C)C)C1. The molecule has 0 aromatic carbocycles. The van der Waals surface area contributed by atoms with E-state index >= 15 is 0 Å². The van der Waals surface area contributed by atoms with Crippen LogP contribution in [0.5, 0.6) is 0 Å². The molecule has 15 heavy (non-hydrogen) atoms. The van der Waals surface area contributed by atoms with Crippen molar-refractivity contribution in [3.63, 3.8) is 0 Å². The van der Waals surface area contributed by atoms with Crippen LogP contribution in [-0.4, -0.2) is 49.1 Å². The van der Waals surface area contributed by atoms with Crippen molar-refractivity contribution in [2.75, 3.05) is 33.2 Å². The third-order valence-electron chi connectivity index (χ3n) is 3.49. The van der Waals surface area contributed by atoms with Crippen LogP contribution in [0.1, 0.15) is 34.1 Å². The molecule has 1 rings (SSSR count). The molecule has 1 fully saturated rings. The van der Waals surface area contributed by atoms with Gasteiger partial charge in [0.1, 0.15) is 0 Å². The first-order chi connectivity index (χ1) is 6.99. The second kappa shape index (κ2) is 5.86.